The lowest BCUT2D eigenvalue weighted by Gasteiger charge is -2.15. The standard InChI is InChI=1S/C21H25N3O3S/c1-14-2-6-19(7-3-14)28(26,27)22-13-15-10-16-4-5-17(12-18(16)11-15)20-8-9-21(25)24-23-20/h2,4-6,12,15,22H,3,7-11,13H2,1H3,(H,24,25). The van der Waals surface area contributed by atoms with Crippen molar-refractivity contribution in [3.05, 3.63) is 57.5 Å². The molecule has 1 atom stereocenters. The highest BCUT2D eigenvalue weighted by atomic mass is 32.2. The van der Waals surface area contributed by atoms with Crippen LogP contribution in [0.3, 0.4) is 0 Å². The number of allylic oxidation sites excluding steroid dienone is 4. The molecule has 3 aliphatic rings. The fourth-order valence-corrected chi connectivity index (χ4v) is 5.24. The summed E-state index contributed by atoms with van der Waals surface area (Å²) in [5.41, 5.74) is 8.21. The van der Waals surface area contributed by atoms with Crippen LogP contribution in [-0.4, -0.2) is 26.6 Å². The molecule has 28 heavy (non-hydrogen) atoms. The summed E-state index contributed by atoms with van der Waals surface area (Å²) in [4.78, 5) is 11.8. The third-order valence-corrected chi connectivity index (χ3v) is 7.27. The Bertz CT molecular complexity index is 1010. The minimum Gasteiger partial charge on any atom is -0.273 e. The van der Waals surface area contributed by atoms with Crippen molar-refractivity contribution in [1.82, 2.24) is 10.1 Å². The van der Waals surface area contributed by atoms with Crippen LogP contribution in [0.5, 0.6) is 0 Å². The van der Waals surface area contributed by atoms with Crippen LogP contribution in [0.1, 0.15) is 49.3 Å². The first kappa shape index (κ1) is 19.1. The van der Waals surface area contributed by atoms with Gasteiger partial charge in [0.05, 0.1) is 10.6 Å². The molecule has 4 rings (SSSR count). The molecule has 1 amide bonds. The Kier molecular flexibility index (Phi) is 5.21. The van der Waals surface area contributed by atoms with E-state index in [-0.39, 0.29) is 11.8 Å². The number of hydrogen-bond donors (Lipinski definition) is 2. The second-order valence-corrected chi connectivity index (χ2v) is 9.67. The van der Waals surface area contributed by atoms with Crippen molar-refractivity contribution in [2.45, 2.75) is 45.4 Å². The fraction of sp³-hybridized carbons (Fsp3) is 0.429. The van der Waals surface area contributed by atoms with Crippen LogP contribution in [0.4, 0.5) is 0 Å². The monoisotopic (exact) mass is 399 g/mol. The van der Waals surface area contributed by atoms with E-state index in [1.54, 1.807) is 6.08 Å². The smallest absolute Gasteiger partial charge is 0.240 e. The first-order valence-electron chi connectivity index (χ1n) is 9.74. The quantitative estimate of drug-likeness (QED) is 0.798. The Morgan fingerprint density at radius 3 is 2.64 bits per heavy atom. The summed E-state index contributed by atoms with van der Waals surface area (Å²) in [5, 5.41) is 4.17. The molecule has 1 heterocycles. The number of carbonyl (C=O) groups excluding carboxylic acids is 1. The molecule has 0 saturated heterocycles. The zero-order chi connectivity index (χ0) is 19.7. The summed E-state index contributed by atoms with van der Waals surface area (Å²) >= 11 is 0. The molecular formula is C21H25N3O3S. The maximum Gasteiger partial charge on any atom is 0.240 e. The third-order valence-electron chi connectivity index (χ3n) is 5.69. The Morgan fingerprint density at radius 1 is 1.11 bits per heavy atom. The van der Waals surface area contributed by atoms with Gasteiger partial charge in [0.2, 0.25) is 15.9 Å². The molecule has 0 radical (unpaired) electrons. The Balaban J connectivity index is 1.39. The van der Waals surface area contributed by atoms with Crippen molar-refractivity contribution < 1.29 is 13.2 Å². The molecule has 0 aromatic heterocycles. The van der Waals surface area contributed by atoms with Gasteiger partial charge in [-0.3, -0.25) is 4.79 Å². The predicted molar refractivity (Wildman–Crippen MR) is 109 cm³/mol. The normalized spacial score (nSPS) is 22.1. The molecule has 148 valence electrons. The topological polar surface area (TPSA) is 87.6 Å². The lowest BCUT2D eigenvalue weighted by Crippen LogP contribution is -2.31. The number of sulfonamides is 1. The van der Waals surface area contributed by atoms with Gasteiger partial charge in [-0.25, -0.2) is 18.6 Å². The van der Waals surface area contributed by atoms with Crippen LogP contribution in [0, 0.1) is 5.92 Å². The second kappa shape index (κ2) is 7.64. The molecule has 0 saturated carbocycles. The highest BCUT2D eigenvalue weighted by Gasteiger charge is 2.26. The summed E-state index contributed by atoms with van der Waals surface area (Å²) in [6.07, 6.45) is 7.83. The van der Waals surface area contributed by atoms with E-state index in [0.29, 0.717) is 30.7 Å². The molecule has 7 heteroatoms. The minimum absolute atomic E-state index is 0.0454. The molecule has 1 unspecified atom stereocenters. The summed E-state index contributed by atoms with van der Waals surface area (Å²) in [7, 11) is -3.40. The highest BCUT2D eigenvalue weighted by molar-refractivity contribution is 7.93. The lowest BCUT2D eigenvalue weighted by molar-refractivity contribution is -0.121. The molecule has 0 bridgehead atoms. The van der Waals surface area contributed by atoms with Gasteiger partial charge < -0.3 is 0 Å². The number of benzene rings is 1. The van der Waals surface area contributed by atoms with Gasteiger partial charge in [0.15, 0.2) is 0 Å². The Labute approximate surface area is 165 Å². The van der Waals surface area contributed by atoms with E-state index in [9.17, 15) is 13.2 Å². The Hall–Kier alpha value is -2.25. The van der Waals surface area contributed by atoms with Crippen molar-refractivity contribution >= 4 is 21.6 Å². The fourth-order valence-electron chi connectivity index (χ4n) is 3.98. The van der Waals surface area contributed by atoms with Gasteiger partial charge in [0.1, 0.15) is 0 Å². The van der Waals surface area contributed by atoms with Crippen LogP contribution in [0.2, 0.25) is 0 Å². The molecule has 1 aliphatic heterocycles. The number of rotatable bonds is 5. The number of hydrogen-bond acceptors (Lipinski definition) is 4. The van der Waals surface area contributed by atoms with E-state index in [0.717, 1.165) is 30.5 Å². The molecule has 0 fully saturated rings. The number of amides is 1. The number of nitrogens with zero attached hydrogens (tertiary/aromatic N) is 1. The van der Waals surface area contributed by atoms with Gasteiger partial charge >= 0.3 is 0 Å². The summed E-state index contributed by atoms with van der Waals surface area (Å²) in [5.74, 6) is 0.213. The van der Waals surface area contributed by atoms with Crippen LogP contribution in [0.15, 0.2) is 45.9 Å². The summed E-state index contributed by atoms with van der Waals surface area (Å²) in [6.45, 7) is 2.47. The molecule has 2 aliphatic carbocycles. The van der Waals surface area contributed by atoms with Crippen molar-refractivity contribution in [2.75, 3.05) is 6.54 Å². The zero-order valence-electron chi connectivity index (χ0n) is 16.0. The third kappa shape index (κ3) is 4.10. The minimum atomic E-state index is -3.40. The molecular weight excluding hydrogens is 374 g/mol. The van der Waals surface area contributed by atoms with Crippen molar-refractivity contribution in [3.8, 4) is 0 Å². The number of carbonyl (C=O) groups is 1. The molecule has 1 aromatic rings. The van der Waals surface area contributed by atoms with Gasteiger partial charge in [0.25, 0.3) is 0 Å². The summed E-state index contributed by atoms with van der Waals surface area (Å²) in [6, 6.07) is 6.29. The maximum absolute atomic E-state index is 12.6. The van der Waals surface area contributed by atoms with Crippen molar-refractivity contribution in [1.29, 1.82) is 0 Å². The van der Waals surface area contributed by atoms with E-state index < -0.39 is 10.0 Å². The van der Waals surface area contributed by atoms with Gasteiger partial charge in [-0.2, -0.15) is 5.10 Å². The number of nitrogens with one attached hydrogen (secondary N) is 2. The van der Waals surface area contributed by atoms with E-state index in [2.05, 4.69) is 27.4 Å². The van der Waals surface area contributed by atoms with Crippen LogP contribution in [0.25, 0.3) is 0 Å². The number of hydrazone groups is 1. The average molecular weight is 400 g/mol. The van der Waals surface area contributed by atoms with Gasteiger partial charge in [-0.1, -0.05) is 23.8 Å². The van der Waals surface area contributed by atoms with Gasteiger partial charge in [-0.05, 0) is 67.4 Å². The lowest BCUT2D eigenvalue weighted by atomic mass is 10.00. The molecule has 6 nitrogen and oxygen atoms in total. The summed E-state index contributed by atoms with van der Waals surface area (Å²) < 4.78 is 27.9. The van der Waals surface area contributed by atoms with Crippen LogP contribution < -0.4 is 10.1 Å². The molecule has 2 N–H and O–H groups in total. The number of fused-ring (bicyclic) bond motifs is 1. The van der Waals surface area contributed by atoms with Gasteiger partial charge in [-0.15, -0.1) is 0 Å². The first-order chi connectivity index (χ1) is 13.4. The van der Waals surface area contributed by atoms with E-state index in [1.807, 2.05) is 19.1 Å². The van der Waals surface area contributed by atoms with E-state index in [4.69, 9.17) is 0 Å². The predicted octanol–water partition coefficient (Wildman–Crippen LogP) is 2.56. The zero-order valence-corrected chi connectivity index (χ0v) is 16.8. The van der Waals surface area contributed by atoms with Crippen LogP contribution in [-0.2, 0) is 27.7 Å². The SMILES string of the molecule is CC1=CC=C(S(=O)(=O)NCC2Cc3ccc(C4=NNC(=O)CC4)cc3C2)CC1. The largest absolute Gasteiger partial charge is 0.273 e. The highest BCUT2D eigenvalue weighted by Crippen LogP contribution is 2.29. The van der Waals surface area contributed by atoms with Crippen LogP contribution >= 0.6 is 0 Å². The molecule has 0 spiro atoms. The van der Waals surface area contributed by atoms with E-state index in [1.165, 1.54) is 16.7 Å². The second-order valence-electron chi connectivity index (χ2n) is 7.85. The maximum atomic E-state index is 12.6. The molecule has 1 aromatic carbocycles. The van der Waals surface area contributed by atoms with Crippen molar-refractivity contribution in [2.24, 2.45) is 11.0 Å². The Morgan fingerprint density at radius 2 is 1.93 bits per heavy atom. The first-order valence-corrected chi connectivity index (χ1v) is 11.2. The van der Waals surface area contributed by atoms with E-state index >= 15 is 0 Å². The van der Waals surface area contributed by atoms with Gasteiger partial charge in [0, 0.05) is 19.4 Å². The average Bonchev–Trinajstić information content (AvgIpc) is 3.10. The van der Waals surface area contributed by atoms with Crippen molar-refractivity contribution in [3.63, 3.8) is 0 Å².